The van der Waals surface area contributed by atoms with Crippen LogP contribution in [0.1, 0.15) is 26.7 Å². The van der Waals surface area contributed by atoms with Crippen molar-refractivity contribution in [2.45, 2.75) is 26.7 Å². The van der Waals surface area contributed by atoms with Crippen LogP contribution in [0, 0.1) is 0 Å². The lowest BCUT2D eigenvalue weighted by molar-refractivity contribution is 0.0994. The Bertz CT molecular complexity index is 527. The standard InChI is InChI=1S/C14H22N4O2/c1-3-5-15-12-11-18-7-6-16-13(18)14(17-12)20-10-9-19-8-4-2/h6-7,11,15H,3-5,8-10H2,1-2H3. The minimum atomic E-state index is 0.479. The van der Waals surface area contributed by atoms with Gasteiger partial charge in [-0.15, -0.1) is 0 Å². The number of hydrogen-bond donors (Lipinski definition) is 1. The maximum Gasteiger partial charge on any atom is 0.260 e. The van der Waals surface area contributed by atoms with Crippen LogP contribution in [0.4, 0.5) is 5.82 Å². The van der Waals surface area contributed by atoms with Gasteiger partial charge in [-0.05, 0) is 12.8 Å². The zero-order valence-corrected chi connectivity index (χ0v) is 12.1. The van der Waals surface area contributed by atoms with Crippen LogP contribution >= 0.6 is 0 Å². The molecule has 6 nitrogen and oxygen atoms in total. The molecule has 0 unspecified atom stereocenters. The van der Waals surface area contributed by atoms with Crippen LogP contribution in [-0.4, -0.2) is 40.7 Å². The lowest BCUT2D eigenvalue weighted by Crippen LogP contribution is -2.10. The van der Waals surface area contributed by atoms with Gasteiger partial charge in [-0.25, -0.2) is 4.98 Å². The summed E-state index contributed by atoms with van der Waals surface area (Å²) in [6.07, 6.45) is 7.60. The molecule has 0 amide bonds. The van der Waals surface area contributed by atoms with Crippen molar-refractivity contribution in [2.24, 2.45) is 0 Å². The highest BCUT2D eigenvalue weighted by Gasteiger charge is 2.08. The summed E-state index contributed by atoms with van der Waals surface area (Å²) in [5, 5.41) is 3.26. The van der Waals surface area contributed by atoms with E-state index in [0.717, 1.165) is 37.5 Å². The topological polar surface area (TPSA) is 60.7 Å². The van der Waals surface area contributed by atoms with Gasteiger partial charge in [0.15, 0.2) is 0 Å². The number of hydrogen-bond acceptors (Lipinski definition) is 5. The fourth-order valence-corrected chi connectivity index (χ4v) is 1.78. The molecule has 0 saturated heterocycles. The van der Waals surface area contributed by atoms with Crippen molar-refractivity contribution in [3.8, 4) is 5.88 Å². The van der Waals surface area contributed by atoms with Crippen molar-refractivity contribution in [3.05, 3.63) is 18.6 Å². The van der Waals surface area contributed by atoms with Crippen molar-refractivity contribution < 1.29 is 9.47 Å². The first-order chi connectivity index (χ1) is 9.85. The molecule has 2 aromatic rings. The molecule has 0 aliphatic heterocycles. The summed E-state index contributed by atoms with van der Waals surface area (Å²) in [6, 6.07) is 0. The number of imidazole rings is 1. The predicted octanol–water partition coefficient (Wildman–Crippen LogP) is 2.36. The second-order valence-corrected chi connectivity index (χ2v) is 4.48. The van der Waals surface area contributed by atoms with Gasteiger partial charge in [0.1, 0.15) is 12.4 Å². The van der Waals surface area contributed by atoms with Crippen molar-refractivity contribution in [1.29, 1.82) is 0 Å². The monoisotopic (exact) mass is 278 g/mol. The molecule has 0 fully saturated rings. The average Bonchev–Trinajstić information content (AvgIpc) is 2.93. The molecule has 0 saturated carbocycles. The molecule has 20 heavy (non-hydrogen) atoms. The van der Waals surface area contributed by atoms with Gasteiger partial charge in [0, 0.05) is 25.5 Å². The van der Waals surface area contributed by atoms with Crippen LogP contribution < -0.4 is 10.1 Å². The summed E-state index contributed by atoms with van der Waals surface area (Å²) in [5.74, 6) is 1.33. The molecule has 2 heterocycles. The lowest BCUT2D eigenvalue weighted by atomic mass is 10.5. The smallest absolute Gasteiger partial charge is 0.260 e. The molecule has 0 radical (unpaired) electrons. The highest BCUT2D eigenvalue weighted by molar-refractivity contribution is 5.53. The first-order valence-corrected chi connectivity index (χ1v) is 7.13. The third-order valence-electron chi connectivity index (χ3n) is 2.71. The van der Waals surface area contributed by atoms with E-state index in [9.17, 15) is 0 Å². The molecule has 6 heteroatoms. The SMILES string of the molecule is CCCNc1cn2ccnc2c(OCCOCCC)n1. The second kappa shape index (κ2) is 7.69. The number of anilines is 1. The molecule has 0 aliphatic carbocycles. The van der Waals surface area contributed by atoms with Gasteiger partial charge in [0.2, 0.25) is 5.65 Å². The third-order valence-corrected chi connectivity index (χ3v) is 2.71. The summed E-state index contributed by atoms with van der Waals surface area (Å²) >= 11 is 0. The van der Waals surface area contributed by atoms with E-state index < -0.39 is 0 Å². The molecule has 0 aromatic carbocycles. The fourth-order valence-electron chi connectivity index (χ4n) is 1.78. The molecule has 2 aromatic heterocycles. The van der Waals surface area contributed by atoms with E-state index in [-0.39, 0.29) is 0 Å². The minimum Gasteiger partial charge on any atom is -0.473 e. The Kier molecular flexibility index (Phi) is 5.61. The summed E-state index contributed by atoms with van der Waals surface area (Å²) in [7, 11) is 0. The number of ether oxygens (including phenoxy) is 2. The average molecular weight is 278 g/mol. The van der Waals surface area contributed by atoms with E-state index >= 15 is 0 Å². The van der Waals surface area contributed by atoms with Crippen LogP contribution in [0.25, 0.3) is 5.65 Å². The van der Waals surface area contributed by atoms with Crippen LogP contribution in [-0.2, 0) is 4.74 Å². The summed E-state index contributed by atoms with van der Waals surface area (Å²) in [4.78, 5) is 8.72. The molecule has 0 bridgehead atoms. The molecule has 0 atom stereocenters. The zero-order chi connectivity index (χ0) is 14.2. The molecular weight excluding hydrogens is 256 g/mol. The Morgan fingerprint density at radius 3 is 2.90 bits per heavy atom. The zero-order valence-electron chi connectivity index (χ0n) is 12.1. The van der Waals surface area contributed by atoms with Gasteiger partial charge in [-0.1, -0.05) is 13.8 Å². The molecular formula is C14H22N4O2. The van der Waals surface area contributed by atoms with E-state index in [0.29, 0.717) is 19.1 Å². The normalized spacial score (nSPS) is 10.9. The number of aromatic nitrogens is 3. The molecule has 0 spiro atoms. The fraction of sp³-hybridized carbons (Fsp3) is 0.571. The summed E-state index contributed by atoms with van der Waals surface area (Å²) in [6.45, 7) is 6.88. The van der Waals surface area contributed by atoms with Crippen LogP contribution in [0.2, 0.25) is 0 Å². The first kappa shape index (κ1) is 14.6. The van der Waals surface area contributed by atoms with Crippen molar-refractivity contribution in [2.75, 3.05) is 31.7 Å². The van der Waals surface area contributed by atoms with E-state index in [1.807, 2.05) is 16.8 Å². The van der Waals surface area contributed by atoms with Gasteiger partial charge in [0.05, 0.1) is 12.8 Å². The quantitative estimate of drug-likeness (QED) is 0.713. The second-order valence-electron chi connectivity index (χ2n) is 4.48. The van der Waals surface area contributed by atoms with Crippen LogP contribution in [0.3, 0.4) is 0 Å². The highest BCUT2D eigenvalue weighted by Crippen LogP contribution is 2.18. The highest BCUT2D eigenvalue weighted by atomic mass is 16.5. The molecule has 2 rings (SSSR count). The minimum absolute atomic E-state index is 0.479. The summed E-state index contributed by atoms with van der Waals surface area (Å²) in [5.41, 5.74) is 0.725. The first-order valence-electron chi connectivity index (χ1n) is 7.13. The van der Waals surface area contributed by atoms with Crippen LogP contribution in [0.15, 0.2) is 18.6 Å². The number of nitrogens with zero attached hydrogens (tertiary/aromatic N) is 3. The third kappa shape index (κ3) is 3.84. The van der Waals surface area contributed by atoms with Gasteiger partial charge < -0.3 is 14.8 Å². The Hall–Kier alpha value is -1.82. The number of rotatable bonds is 9. The Morgan fingerprint density at radius 2 is 2.10 bits per heavy atom. The van der Waals surface area contributed by atoms with Gasteiger partial charge in [0.25, 0.3) is 5.88 Å². The maximum atomic E-state index is 5.69. The number of fused-ring (bicyclic) bond motifs is 1. The van der Waals surface area contributed by atoms with Crippen LogP contribution in [0.5, 0.6) is 5.88 Å². The maximum absolute atomic E-state index is 5.69. The molecule has 0 aliphatic rings. The van der Waals surface area contributed by atoms with Crippen molar-refractivity contribution >= 4 is 11.5 Å². The van der Waals surface area contributed by atoms with Gasteiger partial charge in [-0.2, -0.15) is 4.98 Å². The van der Waals surface area contributed by atoms with E-state index in [1.165, 1.54) is 0 Å². The van der Waals surface area contributed by atoms with Crippen molar-refractivity contribution in [1.82, 2.24) is 14.4 Å². The van der Waals surface area contributed by atoms with Crippen molar-refractivity contribution in [3.63, 3.8) is 0 Å². The Balaban J connectivity index is 2.03. The summed E-state index contributed by atoms with van der Waals surface area (Å²) < 4.78 is 13.0. The van der Waals surface area contributed by atoms with Gasteiger partial charge >= 0.3 is 0 Å². The van der Waals surface area contributed by atoms with E-state index in [4.69, 9.17) is 9.47 Å². The largest absolute Gasteiger partial charge is 0.473 e. The predicted molar refractivity (Wildman–Crippen MR) is 78.4 cm³/mol. The van der Waals surface area contributed by atoms with E-state index in [2.05, 4.69) is 29.1 Å². The van der Waals surface area contributed by atoms with E-state index in [1.54, 1.807) is 6.20 Å². The molecule has 110 valence electrons. The molecule has 1 N–H and O–H groups in total. The number of nitrogens with one attached hydrogen (secondary N) is 1. The lowest BCUT2D eigenvalue weighted by Gasteiger charge is -2.10. The Morgan fingerprint density at radius 1 is 1.20 bits per heavy atom. The Labute approximate surface area is 119 Å². The van der Waals surface area contributed by atoms with Gasteiger partial charge in [-0.3, -0.25) is 4.40 Å².